The van der Waals surface area contributed by atoms with E-state index < -0.39 is 9.84 Å². The van der Waals surface area contributed by atoms with Crippen molar-refractivity contribution in [2.24, 2.45) is 0 Å². The van der Waals surface area contributed by atoms with Gasteiger partial charge in [-0.05, 0) is 30.7 Å². The van der Waals surface area contributed by atoms with Crippen molar-refractivity contribution in [3.05, 3.63) is 35.1 Å². The third-order valence-corrected chi connectivity index (χ3v) is 5.63. The third-order valence-electron chi connectivity index (χ3n) is 3.63. The molecule has 2 aromatic rings. The van der Waals surface area contributed by atoms with Crippen molar-refractivity contribution in [1.82, 2.24) is 14.8 Å². The highest BCUT2D eigenvalue weighted by molar-refractivity contribution is 7.91. The van der Waals surface area contributed by atoms with Crippen molar-refractivity contribution in [1.29, 1.82) is 0 Å². The van der Waals surface area contributed by atoms with Crippen LogP contribution < -0.4 is 0 Å². The summed E-state index contributed by atoms with van der Waals surface area (Å²) in [5.41, 5.74) is 0.835. The summed E-state index contributed by atoms with van der Waals surface area (Å²) in [5.74, 6) is 1.48. The highest BCUT2D eigenvalue weighted by atomic mass is 35.5. The Morgan fingerprint density at radius 3 is 2.68 bits per heavy atom. The van der Waals surface area contributed by atoms with Crippen LogP contribution in [0.2, 0.25) is 5.02 Å². The zero-order chi connectivity index (χ0) is 15.7. The molecule has 1 aromatic carbocycles. The quantitative estimate of drug-likeness (QED) is 0.851. The van der Waals surface area contributed by atoms with Gasteiger partial charge >= 0.3 is 0 Å². The van der Waals surface area contributed by atoms with Gasteiger partial charge in [0, 0.05) is 17.7 Å². The minimum Gasteiger partial charge on any atom is -0.377 e. The second-order valence-electron chi connectivity index (χ2n) is 5.29. The van der Waals surface area contributed by atoms with Gasteiger partial charge in [0.25, 0.3) is 0 Å². The first-order valence-electron chi connectivity index (χ1n) is 6.89. The van der Waals surface area contributed by atoms with E-state index in [9.17, 15) is 8.42 Å². The Balaban J connectivity index is 1.97. The van der Waals surface area contributed by atoms with E-state index in [1.54, 1.807) is 23.9 Å². The van der Waals surface area contributed by atoms with E-state index in [4.69, 9.17) is 16.3 Å². The van der Waals surface area contributed by atoms with Gasteiger partial charge in [0.15, 0.2) is 21.5 Å². The molecule has 1 fully saturated rings. The molecule has 0 N–H and O–H groups in total. The Morgan fingerprint density at radius 1 is 1.36 bits per heavy atom. The number of rotatable bonds is 4. The largest absolute Gasteiger partial charge is 0.377 e. The molecular weight excluding hydrogens is 326 g/mol. The number of sulfone groups is 1. The van der Waals surface area contributed by atoms with Gasteiger partial charge in [-0.2, -0.15) is 5.10 Å². The Labute approximate surface area is 134 Å². The predicted octanol–water partition coefficient (Wildman–Crippen LogP) is 2.10. The van der Waals surface area contributed by atoms with Gasteiger partial charge in [-0.25, -0.2) is 18.1 Å². The van der Waals surface area contributed by atoms with Crippen LogP contribution in [0, 0.1) is 0 Å². The maximum Gasteiger partial charge on any atom is 0.181 e. The van der Waals surface area contributed by atoms with E-state index in [0.717, 1.165) is 5.56 Å². The smallest absolute Gasteiger partial charge is 0.181 e. The van der Waals surface area contributed by atoms with Crippen LogP contribution in [0.15, 0.2) is 24.3 Å². The number of halogens is 1. The molecule has 118 valence electrons. The summed E-state index contributed by atoms with van der Waals surface area (Å²) < 4.78 is 30.2. The molecule has 1 aliphatic heterocycles. The molecule has 0 spiro atoms. The van der Waals surface area contributed by atoms with E-state index in [1.807, 2.05) is 12.1 Å². The second-order valence-corrected chi connectivity index (χ2v) is 7.96. The molecule has 1 aliphatic rings. The van der Waals surface area contributed by atoms with Gasteiger partial charge in [0.2, 0.25) is 0 Å². The lowest BCUT2D eigenvalue weighted by Crippen LogP contribution is -2.16. The Bertz CT molecular complexity index is 771. The average Bonchev–Trinajstić information content (AvgIpc) is 3.03. The van der Waals surface area contributed by atoms with Gasteiger partial charge in [0.1, 0.15) is 6.61 Å². The summed E-state index contributed by atoms with van der Waals surface area (Å²) in [6, 6.07) is 7.04. The lowest BCUT2D eigenvalue weighted by molar-refractivity contribution is 0.171. The molecule has 1 aromatic heterocycles. The molecular formula is C14H16ClN3O3S. The zero-order valence-corrected chi connectivity index (χ0v) is 13.6. The molecule has 1 atom stereocenters. The van der Waals surface area contributed by atoms with Gasteiger partial charge in [0.05, 0.1) is 17.5 Å². The summed E-state index contributed by atoms with van der Waals surface area (Å²) in [4.78, 5) is 4.48. The first-order chi connectivity index (χ1) is 10.5. The van der Waals surface area contributed by atoms with Crippen LogP contribution in [0.1, 0.15) is 18.3 Å². The Morgan fingerprint density at radius 2 is 2.09 bits per heavy atom. The van der Waals surface area contributed by atoms with Crippen LogP contribution in [-0.4, -0.2) is 41.8 Å². The molecule has 0 aliphatic carbocycles. The fourth-order valence-corrected chi connectivity index (χ4v) is 4.38. The van der Waals surface area contributed by atoms with Crippen molar-refractivity contribution in [3.63, 3.8) is 0 Å². The second kappa shape index (κ2) is 5.98. The molecule has 0 radical (unpaired) electrons. The van der Waals surface area contributed by atoms with Crippen molar-refractivity contribution in [2.45, 2.75) is 19.1 Å². The average molecular weight is 342 g/mol. The third kappa shape index (κ3) is 3.16. The van der Waals surface area contributed by atoms with Gasteiger partial charge in [-0.1, -0.05) is 11.6 Å². The van der Waals surface area contributed by atoms with Gasteiger partial charge < -0.3 is 4.74 Å². The number of hydrogen-bond acceptors (Lipinski definition) is 5. The van der Waals surface area contributed by atoms with E-state index in [2.05, 4.69) is 10.1 Å². The summed E-state index contributed by atoms with van der Waals surface area (Å²) in [5, 5.41) is 5.14. The van der Waals surface area contributed by atoms with E-state index in [-0.39, 0.29) is 24.2 Å². The molecule has 6 nitrogen and oxygen atoms in total. The monoisotopic (exact) mass is 341 g/mol. The normalized spacial score (nSPS) is 20.4. The zero-order valence-electron chi connectivity index (χ0n) is 12.1. The molecule has 2 heterocycles. The van der Waals surface area contributed by atoms with Crippen molar-refractivity contribution < 1.29 is 13.2 Å². The predicted molar refractivity (Wildman–Crippen MR) is 83.5 cm³/mol. The van der Waals surface area contributed by atoms with E-state index in [0.29, 0.717) is 23.1 Å². The van der Waals surface area contributed by atoms with Crippen LogP contribution in [0.25, 0.3) is 11.4 Å². The van der Waals surface area contributed by atoms with Gasteiger partial charge in [-0.3, -0.25) is 0 Å². The van der Waals surface area contributed by atoms with Crippen molar-refractivity contribution >= 4 is 21.4 Å². The number of benzene rings is 1. The topological polar surface area (TPSA) is 74.1 Å². The van der Waals surface area contributed by atoms with Crippen LogP contribution in [0.3, 0.4) is 0 Å². The number of nitrogens with zero attached hydrogens (tertiary/aromatic N) is 3. The molecule has 22 heavy (non-hydrogen) atoms. The molecule has 3 rings (SSSR count). The molecule has 1 saturated heterocycles. The van der Waals surface area contributed by atoms with Crippen molar-refractivity contribution in [2.75, 3.05) is 18.6 Å². The molecule has 0 unspecified atom stereocenters. The summed E-state index contributed by atoms with van der Waals surface area (Å²) in [6.07, 6.45) is 0.558. The summed E-state index contributed by atoms with van der Waals surface area (Å²) in [6.45, 7) is 0.289. The molecule has 8 heteroatoms. The molecule has 0 bridgehead atoms. The first kappa shape index (κ1) is 15.5. The summed E-state index contributed by atoms with van der Waals surface area (Å²) in [7, 11) is -1.41. The molecule has 0 amide bonds. The van der Waals surface area contributed by atoms with Crippen LogP contribution in [0.4, 0.5) is 0 Å². The lowest BCUT2D eigenvalue weighted by Gasteiger charge is -2.10. The molecule has 0 saturated carbocycles. The number of methoxy groups -OCH3 is 1. The Kier molecular flexibility index (Phi) is 4.20. The minimum atomic E-state index is -2.98. The fourth-order valence-electron chi connectivity index (χ4n) is 2.57. The minimum absolute atomic E-state index is 0.104. The van der Waals surface area contributed by atoms with Crippen LogP contribution in [0.5, 0.6) is 0 Å². The fraction of sp³-hybridized carbons (Fsp3) is 0.429. The highest BCUT2D eigenvalue weighted by Crippen LogP contribution is 2.26. The Hall–Kier alpha value is -1.44. The van der Waals surface area contributed by atoms with Gasteiger partial charge in [-0.15, -0.1) is 0 Å². The highest BCUT2D eigenvalue weighted by Gasteiger charge is 2.31. The van der Waals surface area contributed by atoms with E-state index >= 15 is 0 Å². The van der Waals surface area contributed by atoms with Crippen LogP contribution in [-0.2, 0) is 21.2 Å². The number of ether oxygens (including phenoxy) is 1. The number of aromatic nitrogens is 3. The number of hydrogen-bond donors (Lipinski definition) is 0. The standard InChI is InChI=1S/C14H16ClN3O3S/c1-21-8-13-16-14(10-2-4-11(15)5-3-10)17-18(13)12-6-7-22(19,20)9-12/h2-5,12H,6-9H2,1H3/t12-/m1/s1. The van der Waals surface area contributed by atoms with Crippen molar-refractivity contribution in [3.8, 4) is 11.4 Å². The van der Waals surface area contributed by atoms with E-state index in [1.165, 1.54) is 0 Å². The SMILES string of the molecule is COCc1nc(-c2ccc(Cl)cc2)nn1[C@@H]1CCS(=O)(=O)C1. The maximum atomic E-state index is 11.7. The first-order valence-corrected chi connectivity index (χ1v) is 9.09. The van der Waals surface area contributed by atoms with Crippen LogP contribution >= 0.6 is 11.6 Å². The summed E-state index contributed by atoms with van der Waals surface area (Å²) >= 11 is 5.89. The lowest BCUT2D eigenvalue weighted by atomic mass is 10.2. The maximum absolute atomic E-state index is 11.7.